The molecule has 0 aliphatic heterocycles. The maximum Gasteiger partial charge on any atom is 0.123 e. The Morgan fingerprint density at radius 2 is 2.29 bits per heavy atom. The van der Waals surface area contributed by atoms with Crippen LogP contribution in [0.2, 0.25) is 0 Å². The molecule has 0 spiro atoms. The van der Waals surface area contributed by atoms with Gasteiger partial charge in [-0.25, -0.2) is 4.39 Å². The maximum atomic E-state index is 13.2. The van der Waals surface area contributed by atoms with E-state index < -0.39 is 0 Å². The van der Waals surface area contributed by atoms with Gasteiger partial charge in [0.1, 0.15) is 5.82 Å². The van der Waals surface area contributed by atoms with Crippen LogP contribution < -0.4 is 5.32 Å². The molecule has 1 unspecified atom stereocenters. The second-order valence-corrected chi connectivity index (χ2v) is 4.70. The van der Waals surface area contributed by atoms with Gasteiger partial charge in [0.25, 0.3) is 0 Å². The van der Waals surface area contributed by atoms with Crippen LogP contribution in [0.3, 0.4) is 0 Å². The highest BCUT2D eigenvalue weighted by atomic mass is 19.1. The number of methoxy groups -OCH3 is 1. The summed E-state index contributed by atoms with van der Waals surface area (Å²) in [6.45, 7) is 2.49. The molecule has 0 amide bonds. The molecule has 17 heavy (non-hydrogen) atoms. The number of rotatable bonds is 7. The van der Waals surface area contributed by atoms with Crippen molar-refractivity contribution in [3.05, 3.63) is 35.6 Å². The Balaban J connectivity index is 1.92. The summed E-state index contributed by atoms with van der Waals surface area (Å²) < 4.78 is 18.2. The standard InChI is InChI=1S/C14H20FNO/c1-17-8-7-16-10-14(11-5-6-11)12-3-2-4-13(15)9-12/h2-4,9,11,14,16H,5-8,10H2,1H3. The van der Waals surface area contributed by atoms with Crippen LogP contribution in [-0.2, 0) is 4.74 Å². The maximum absolute atomic E-state index is 13.2. The monoisotopic (exact) mass is 237 g/mol. The molecule has 3 heteroatoms. The van der Waals surface area contributed by atoms with Gasteiger partial charge in [-0.2, -0.15) is 0 Å². The summed E-state index contributed by atoms with van der Waals surface area (Å²) in [5.74, 6) is 1.04. The Labute approximate surface area is 102 Å². The predicted octanol–water partition coefficient (Wildman–Crippen LogP) is 2.56. The number of ether oxygens (including phenoxy) is 1. The topological polar surface area (TPSA) is 21.3 Å². The molecule has 1 aromatic carbocycles. The molecule has 94 valence electrons. The average Bonchev–Trinajstić information content (AvgIpc) is 3.13. The summed E-state index contributed by atoms with van der Waals surface area (Å²) in [5.41, 5.74) is 1.12. The van der Waals surface area contributed by atoms with Gasteiger partial charge in [-0.3, -0.25) is 0 Å². The molecule has 1 fully saturated rings. The van der Waals surface area contributed by atoms with Crippen LogP contribution in [0.4, 0.5) is 4.39 Å². The lowest BCUT2D eigenvalue weighted by Gasteiger charge is -2.17. The molecular formula is C14H20FNO. The molecule has 1 aliphatic carbocycles. The highest BCUT2D eigenvalue weighted by Gasteiger charge is 2.31. The second-order valence-electron chi connectivity index (χ2n) is 4.70. The zero-order valence-electron chi connectivity index (χ0n) is 10.3. The fourth-order valence-electron chi connectivity index (χ4n) is 2.22. The van der Waals surface area contributed by atoms with Gasteiger partial charge in [-0.15, -0.1) is 0 Å². The third kappa shape index (κ3) is 3.79. The van der Waals surface area contributed by atoms with Crippen molar-refractivity contribution in [3.8, 4) is 0 Å². The van der Waals surface area contributed by atoms with E-state index in [4.69, 9.17) is 4.74 Å². The van der Waals surface area contributed by atoms with Crippen LogP contribution in [0, 0.1) is 11.7 Å². The van der Waals surface area contributed by atoms with Crippen molar-refractivity contribution in [1.29, 1.82) is 0 Å². The molecule has 1 saturated carbocycles. The number of benzene rings is 1. The number of nitrogens with one attached hydrogen (secondary N) is 1. The molecule has 1 aromatic rings. The van der Waals surface area contributed by atoms with Crippen LogP contribution in [0.15, 0.2) is 24.3 Å². The average molecular weight is 237 g/mol. The molecule has 1 atom stereocenters. The van der Waals surface area contributed by atoms with Crippen LogP contribution in [-0.4, -0.2) is 26.8 Å². The summed E-state index contributed by atoms with van der Waals surface area (Å²) in [6, 6.07) is 7.01. The minimum absolute atomic E-state index is 0.134. The minimum Gasteiger partial charge on any atom is -0.383 e. The summed E-state index contributed by atoms with van der Waals surface area (Å²) in [7, 11) is 1.70. The third-order valence-corrected chi connectivity index (χ3v) is 3.32. The lowest BCUT2D eigenvalue weighted by molar-refractivity contribution is 0.198. The largest absolute Gasteiger partial charge is 0.383 e. The van der Waals surface area contributed by atoms with Gasteiger partial charge < -0.3 is 10.1 Å². The number of halogens is 1. The van der Waals surface area contributed by atoms with Crippen molar-refractivity contribution in [3.63, 3.8) is 0 Å². The number of hydrogen-bond acceptors (Lipinski definition) is 2. The lowest BCUT2D eigenvalue weighted by Crippen LogP contribution is -2.26. The van der Waals surface area contributed by atoms with Gasteiger partial charge in [0.2, 0.25) is 0 Å². The van der Waals surface area contributed by atoms with E-state index in [0.29, 0.717) is 5.92 Å². The molecule has 0 bridgehead atoms. The first-order valence-corrected chi connectivity index (χ1v) is 6.26. The zero-order valence-corrected chi connectivity index (χ0v) is 10.3. The summed E-state index contributed by atoms with van der Waals surface area (Å²) >= 11 is 0. The molecule has 0 aromatic heterocycles. The Bertz CT molecular complexity index is 352. The first kappa shape index (κ1) is 12.5. The molecule has 2 rings (SSSR count). The lowest BCUT2D eigenvalue weighted by atomic mass is 9.94. The van der Waals surface area contributed by atoms with E-state index >= 15 is 0 Å². The fourth-order valence-corrected chi connectivity index (χ4v) is 2.22. The van der Waals surface area contributed by atoms with Crippen LogP contribution in [0.25, 0.3) is 0 Å². The van der Waals surface area contributed by atoms with Crippen molar-refractivity contribution < 1.29 is 9.13 Å². The fraction of sp³-hybridized carbons (Fsp3) is 0.571. The summed E-state index contributed by atoms with van der Waals surface area (Å²) in [4.78, 5) is 0. The highest BCUT2D eigenvalue weighted by molar-refractivity contribution is 5.23. The smallest absolute Gasteiger partial charge is 0.123 e. The molecule has 1 aliphatic rings. The Kier molecular flexibility index (Phi) is 4.51. The first-order valence-electron chi connectivity index (χ1n) is 6.26. The van der Waals surface area contributed by atoms with Crippen molar-refractivity contribution in [2.75, 3.05) is 26.8 Å². The third-order valence-electron chi connectivity index (χ3n) is 3.32. The summed E-state index contributed by atoms with van der Waals surface area (Å²) in [6.07, 6.45) is 2.54. The van der Waals surface area contributed by atoms with Crippen molar-refractivity contribution in [2.45, 2.75) is 18.8 Å². The quantitative estimate of drug-likeness (QED) is 0.736. The minimum atomic E-state index is -0.134. The van der Waals surface area contributed by atoms with Gasteiger partial charge in [0, 0.05) is 20.2 Å². The van der Waals surface area contributed by atoms with E-state index in [0.717, 1.165) is 31.2 Å². The molecule has 1 N–H and O–H groups in total. The SMILES string of the molecule is COCCNCC(c1cccc(F)c1)C1CC1. The van der Waals surface area contributed by atoms with E-state index in [1.54, 1.807) is 19.2 Å². The Morgan fingerprint density at radius 1 is 1.47 bits per heavy atom. The van der Waals surface area contributed by atoms with Crippen LogP contribution in [0.5, 0.6) is 0 Å². The van der Waals surface area contributed by atoms with Crippen LogP contribution in [0.1, 0.15) is 24.3 Å². The normalized spacial score (nSPS) is 17.1. The Hall–Kier alpha value is -0.930. The van der Waals surface area contributed by atoms with E-state index in [1.807, 2.05) is 6.07 Å². The molecule has 0 radical (unpaired) electrons. The van der Waals surface area contributed by atoms with Crippen molar-refractivity contribution >= 4 is 0 Å². The molecule has 0 saturated heterocycles. The van der Waals surface area contributed by atoms with E-state index in [1.165, 1.54) is 18.9 Å². The predicted molar refractivity (Wildman–Crippen MR) is 66.6 cm³/mol. The number of hydrogen-bond donors (Lipinski definition) is 1. The van der Waals surface area contributed by atoms with Gasteiger partial charge in [-0.05, 0) is 42.4 Å². The zero-order chi connectivity index (χ0) is 12.1. The van der Waals surface area contributed by atoms with Gasteiger partial charge in [0.05, 0.1) is 6.61 Å². The Morgan fingerprint density at radius 3 is 2.94 bits per heavy atom. The van der Waals surface area contributed by atoms with Gasteiger partial charge in [0.15, 0.2) is 0 Å². The van der Waals surface area contributed by atoms with E-state index in [9.17, 15) is 4.39 Å². The summed E-state index contributed by atoms with van der Waals surface area (Å²) in [5, 5.41) is 3.38. The van der Waals surface area contributed by atoms with E-state index in [2.05, 4.69) is 5.32 Å². The first-order chi connectivity index (χ1) is 8.31. The van der Waals surface area contributed by atoms with Crippen molar-refractivity contribution in [2.24, 2.45) is 5.92 Å². The second kappa shape index (κ2) is 6.12. The highest BCUT2D eigenvalue weighted by Crippen LogP contribution is 2.42. The van der Waals surface area contributed by atoms with Crippen LogP contribution >= 0.6 is 0 Å². The van der Waals surface area contributed by atoms with E-state index in [-0.39, 0.29) is 5.82 Å². The molecule has 0 heterocycles. The van der Waals surface area contributed by atoms with Crippen molar-refractivity contribution in [1.82, 2.24) is 5.32 Å². The van der Waals surface area contributed by atoms with Gasteiger partial charge in [-0.1, -0.05) is 12.1 Å². The molecular weight excluding hydrogens is 217 g/mol. The van der Waals surface area contributed by atoms with Gasteiger partial charge >= 0.3 is 0 Å². The molecule has 2 nitrogen and oxygen atoms in total.